The van der Waals surface area contributed by atoms with Crippen molar-refractivity contribution < 1.29 is 19.2 Å². The molecule has 170 valence electrons. The molecular weight excluding hydrogens is 408 g/mol. The summed E-state index contributed by atoms with van der Waals surface area (Å²) in [6.45, 7) is 2.30. The van der Waals surface area contributed by atoms with Gasteiger partial charge in [0.05, 0.1) is 17.0 Å². The van der Waals surface area contributed by atoms with Crippen molar-refractivity contribution in [3.8, 4) is 5.75 Å². The van der Waals surface area contributed by atoms with Crippen LogP contribution < -0.4 is 4.74 Å². The standard InChI is InChI=1S/C24H30N4O4/c1-27(2)15-20-22(31-16-18-5-3-4-12-25-18)9-7-19-21(26-32-23(19)20)8-6-17-10-13-28(14-11-17)24(29)30/h3-5,7,9,12,17H,6,8,10-11,13-16H2,1-2H3,(H,29,30). The van der Waals surface area contributed by atoms with Crippen LogP contribution in [0.4, 0.5) is 4.79 Å². The van der Waals surface area contributed by atoms with Gasteiger partial charge in [0.2, 0.25) is 0 Å². The quantitative estimate of drug-likeness (QED) is 0.564. The number of carbonyl (C=O) groups is 1. The minimum atomic E-state index is -0.819. The zero-order valence-corrected chi connectivity index (χ0v) is 18.7. The molecule has 0 spiro atoms. The van der Waals surface area contributed by atoms with Crippen LogP contribution in [0.2, 0.25) is 0 Å². The first-order valence-electron chi connectivity index (χ1n) is 11.1. The Balaban J connectivity index is 1.47. The van der Waals surface area contributed by atoms with Crippen LogP contribution in [0, 0.1) is 5.92 Å². The molecule has 0 aliphatic carbocycles. The number of ether oxygens (including phenoxy) is 1. The average Bonchev–Trinajstić information content (AvgIpc) is 3.21. The molecule has 0 radical (unpaired) electrons. The fourth-order valence-electron chi connectivity index (χ4n) is 4.26. The van der Waals surface area contributed by atoms with E-state index in [4.69, 9.17) is 14.4 Å². The van der Waals surface area contributed by atoms with Crippen LogP contribution >= 0.6 is 0 Å². The lowest BCUT2D eigenvalue weighted by Gasteiger charge is -2.29. The number of piperidine rings is 1. The molecule has 1 amide bonds. The number of hydrogen-bond acceptors (Lipinski definition) is 6. The Morgan fingerprint density at radius 1 is 1.25 bits per heavy atom. The molecule has 4 rings (SSSR count). The van der Waals surface area contributed by atoms with E-state index in [0.29, 0.717) is 32.2 Å². The number of pyridine rings is 1. The summed E-state index contributed by atoms with van der Waals surface area (Å²) in [5.41, 5.74) is 3.58. The Bertz CT molecular complexity index is 1040. The summed E-state index contributed by atoms with van der Waals surface area (Å²) in [5, 5.41) is 14.5. The first-order chi connectivity index (χ1) is 15.5. The summed E-state index contributed by atoms with van der Waals surface area (Å²) in [6.07, 6.45) is 4.55. The lowest BCUT2D eigenvalue weighted by Crippen LogP contribution is -2.37. The largest absolute Gasteiger partial charge is 0.487 e. The zero-order chi connectivity index (χ0) is 22.5. The number of nitrogens with zero attached hydrogens (tertiary/aromatic N) is 4. The van der Waals surface area contributed by atoms with Crippen molar-refractivity contribution >= 4 is 17.1 Å². The maximum absolute atomic E-state index is 11.1. The predicted octanol–water partition coefficient (Wildman–Crippen LogP) is 4.19. The predicted molar refractivity (Wildman–Crippen MR) is 121 cm³/mol. The summed E-state index contributed by atoms with van der Waals surface area (Å²) in [5.74, 6) is 1.29. The molecule has 8 nitrogen and oxygen atoms in total. The molecule has 0 saturated carbocycles. The highest BCUT2D eigenvalue weighted by Gasteiger charge is 2.23. The van der Waals surface area contributed by atoms with Crippen LogP contribution in [-0.2, 0) is 19.6 Å². The van der Waals surface area contributed by atoms with Gasteiger partial charge in [-0.2, -0.15) is 0 Å². The van der Waals surface area contributed by atoms with Crippen LogP contribution in [0.15, 0.2) is 41.1 Å². The topological polar surface area (TPSA) is 91.9 Å². The third kappa shape index (κ3) is 5.19. The molecule has 3 aromatic rings. The monoisotopic (exact) mass is 438 g/mol. The van der Waals surface area contributed by atoms with Gasteiger partial charge in [0.15, 0.2) is 5.58 Å². The maximum atomic E-state index is 11.1. The van der Waals surface area contributed by atoms with E-state index in [1.807, 2.05) is 44.4 Å². The van der Waals surface area contributed by atoms with Crippen molar-refractivity contribution in [3.63, 3.8) is 0 Å². The number of carboxylic acid groups (broad SMARTS) is 1. The van der Waals surface area contributed by atoms with E-state index in [2.05, 4.69) is 15.0 Å². The molecule has 1 aliphatic heterocycles. The van der Waals surface area contributed by atoms with Crippen molar-refractivity contribution in [3.05, 3.63) is 53.5 Å². The molecule has 32 heavy (non-hydrogen) atoms. The zero-order valence-electron chi connectivity index (χ0n) is 18.7. The number of amides is 1. The van der Waals surface area contributed by atoms with Gasteiger partial charge in [-0.15, -0.1) is 0 Å². The second-order valence-corrected chi connectivity index (χ2v) is 8.65. The van der Waals surface area contributed by atoms with Gasteiger partial charge in [0.1, 0.15) is 12.4 Å². The van der Waals surface area contributed by atoms with Crippen molar-refractivity contribution in [2.24, 2.45) is 5.92 Å². The Labute approximate surface area is 187 Å². The normalized spacial score (nSPS) is 14.9. The fraction of sp³-hybridized carbons (Fsp3) is 0.458. The number of rotatable bonds is 8. The van der Waals surface area contributed by atoms with Crippen molar-refractivity contribution in [1.82, 2.24) is 19.9 Å². The van der Waals surface area contributed by atoms with E-state index < -0.39 is 6.09 Å². The molecule has 1 aliphatic rings. The Kier molecular flexibility index (Phi) is 6.90. The van der Waals surface area contributed by atoms with Crippen LogP contribution in [0.3, 0.4) is 0 Å². The minimum absolute atomic E-state index is 0.392. The van der Waals surface area contributed by atoms with E-state index in [1.54, 1.807) is 6.20 Å². The molecule has 0 unspecified atom stereocenters. The molecule has 1 fully saturated rings. The molecule has 0 atom stereocenters. The minimum Gasteiger partial charge on any atom is -0.487 e. The lowest BCUT2D eigenvalue weighted by molar-refractivity contribution is 0.123. The highest BCUT2D eigenvalue weighted by atomic mass is 16.5. The van der Waals surface area contributed by atoms with Crippen molar-refractivity contribution in [2.45, 2.75) is 38.8 Å². The summed E-state index contributed by atoms with van der Waals surface area (Å²) < 4.78 is 11.9. The Morgan fingerprint density at radius 3 is 2.75 bits per heavy atom. The van der Waals surface area contributed by atoms with E-state index in [9.17, 15) is 4.79 Å². The third-order valence-corrected chi connectivity index (χ3v) is 6.03. The van der Waals surface area contributed by atoms with Gasteiger partial charge in [-0.3, -0.25) is 4.98 Å². The molecule has 3 heterocycles. The smallest absolute Gasteiger partial charge is 0.407 e. The van der Waals surface area contributed by atoms with Gasteiger partial charge in [-0.05, 0) is 70.0 Å². The van der Waals surface area contributed by atoms with Gasteiger partial charge >= 0.3 is 6.09 Å². The molecule has 1 saturated heterocycles. The van der Waals surface area contributed by atoms with Crippen molar-refractivity contribution in [1.29, 1.82) is 0 Å². The molecule has 2 aromatic heterocycles. The fourth-order valence-corrected chi connectivity index (χ4v) is 4.26. The number of benzene rings is 1. The Hall–Kier alpha value is -3.13. The van der Waals surface area contributed by atoms with E-state index in [-0.39, 0.29) is 0 Å². The maximum Gasteiger partial charge on any atom is 0.407 e. The second kappa shape index (κ2) is 9.99. The van der Waals surface area contributed by atoms with Crippen LogP contribution in [0.5, 0.6) is 5.75 Å². The number of fused-ring (bicyclic) bond motifs is 1. The van der Waals surface area contributed by atoms with Gasteiger partial charge in [0.25, 0.3) is 0 Å². The van der Waals surface area contributed by atoms with Crippen molar-refractivity contribution in [2.75, 3.05) is 27.2 Å². The SMILES string of the molecule is CN(C)Cc1c(OCc2ccccn2)ccc2c(CCC3CCN(C(=O)O)CC3)noc12. The third-order valence-electron chi connectivity index (χ3n) is 6.03. The van der Waals surface area contributed by atoms with Crippen LogP contribution in [0.25, 0.3) is 11.0 Å². The highest BCUT2D eigenvalue weighted by Crippen LogP contribution is 2.33. The highest BCUT2D eigenvalue weighted by molar-refractivity contribution is 5.84. The summed E-state index contributed by atoms with van der Waals surface area (Å²) in [7, 11) is 4.03. The molecular formula is C24H30N4O4. The molecule has 8 heteroatoms. The second-order valence-electron chi connectivity index (χ2n) is 8.65. The van der Waals surface area contributed by atoms with E-state index >= 15 is 0 Å². The molecule has 1 N–H and O–H groups in total. The molecule has 0 bridgehead atoms. The number of aryl methyl sites for hydroxylation is 1. The van der Waals surface area contributed by atoms with Gasteiger partial charge < -0.3 is 24.2 Å². The van der Waals surface area contributed by atoms with Gasteiger partial charge in [-0.25, -0.2) is 4.79 Å². The molecule has 1 aromatic carbocycles. The van der Waals surface area contributed by atoms with Gasteiger partial charge in [-0.1, -0.05) is 11.2 Å². The van der Waals surface area contributed by atoms with Crippen LogP contribution in [0.1, 0.15) is 36.2 Å². The summed E-state index contributed by atoms with van der Waals surface area (Å²) >= 11 is 0. The summed E-state index contributed by atoms with van der Waals surface area (Å²) in [6, 6.07) is 9.80. The van der Waals surface area contributed by atoms with E-state index in [1.165, 1.54) is 4.90 Å². The average molecular weight is 439 g/mol. The summed E-state index contributed by atoms with van der Waals surface area (Å²) in [4.78, 5) is 19.0. The first-order valence-corrected chi connectivity index (χ1v) is 11.1. The number of likely N-dealkylation sites (tertiary alicyclic amines) is 1. The van der Waals surface area contributed by atoms with E-state index in [0.717, 1.165) is 59.4 Å². The number of aromatic nitrogens is 2. The first kappa shape index (κ1) is 22.1. The lowest BCUT2D eigenvalue weighted by atomic mass is 9.91. The number of hydrogen-bond donors (Lipinski definition) is 1. The van der Waals surface area contributed by atoms with Gasteiger partial charge in [0, 0.05) is 31.2 Å². The van der Waals surface area contributed by atoms with Crippen LogP contribution in [-0.4, -0.2) is 58.3 Å². The Morgan fingerprint density at radius 2 is 2.06 bits per heavy atom.